The maximum absolute atomic E-state index is 11.4. The van der Waals surface area contributed by atoms with Crippen LogP contribution in [0.5, 0.6) is 0 Å². The number of hydrogen-bond acceptors (Lipinski definition) is 6. The number of amides is 1. The van der Waals surface area contributed by atoms with Crippen molar-refractivity contribution in [3.8, 4) is 0 Å². The first-order valence-corrected chi connectivity index (χ1v) is 9.54. The number of carbonyl (C=O) groups is 3. The van der Waals surface area contributed by atoms with Gasteiger partial charge in [-0.1, -0.05) is 0 Å². The minimum absolute atomic E-state index is 0.103. The number of para-hydroxylation sites is 1. The molecule has 8 nitrogen and oxygen atoms in total. The summed E-state index contributed by atoms with van der Waals surface area (Å²) >= 11 is -4.92. The summed E-state index contributed by atoms with van der Waals surface area (Å²) in [6, 6.07) is 5.84. The quantitative estimate of drug-likeness (QED) is 0.289. The van der Waals surface area contributed by atoms with E-state index < -0.39 is 14.2 Å². The van der Waals surface area contributed by atoms with Crippen LogP contribution in [0.15, 0.2) is 48.6 Å². The minimum Gasteiger partial charge on any atom is -0.290 e. The molecule has 0 radical (unpaired) electrons. The van der Waals surface area contributed by atoms with E-state index in [0.29, 0.717) is 0 Å². The molecule has 0 spiro atoms. The summed E-state index contributed by atoms with van der Waals surface area (Å²) < 4.78 is 24.1. The zero-order valence-corrected chi connectivity index (χ0v) is 13.9. The van der Waals surface area contributed by atoms with Crippen LogP contribution in [0.25, 0.3) is 0 Å². The second-order valence-electron chi connectivity index (χ2n) is 4.27. The standard InChI is InChI=1S/C8H10AsNO5.C6H4O2/c1-6(11)10-8-5-3-2-4-7(8)9(12,13)15-14;7-5-1-2-6(8)4-3-5/h2-5,14H,1H3,(H,10,11)(H,12,13);1-4H. The molecule has 0 bridgehead atoms. The topological polar surface area (TPSA) is 130 Å². The largest absolute Gasteiger partial charge is 0.290 e. The van der Waals surface area contributed by atoms with E-state index in [9.17, 15) is 22.2 Å². The molecule has 1 amide bonds. The van der Waals surface area contributed by atoms with Crippen molar-refractivity contribution in [3.05, 3.63) is 48.6 Å². The van der Waals surface area contributed by atoms with Gasteiger partial charge < -0.3 is 0 Å². The Balaban J connectivity index is 0.000000277. The van der Waals surface area contributed by atoms with Crippen LogP contribution < -0.4 is 9.67 Å². The molecule has 0 saturated carbocycles. The average Bonchev–Trinajstić information content (AvgIpc) is 2.51. The predicted octanol–water partition coefficient (Wildman–Crippen LogP) is -0.0461. The summed E-state index contributed by atoms with van der Waals surface area (Å²) in [5.41, 5.74) is 0.157. The molecule has 1 unspecified atom stereocenters. The Kier molecular flexibility index (Phi) is 6.86. The molecule has 0 saturated heterocycles. The Bertz CT molecular complexity index is 686. The van der Waals surface area contributed by atoms with Gasteiger partial charge in [-0.25, -0.2) is 0 Å². The van der Waals surface area contributed by atoms with Gasteiger partial charge in [-0.15, -0.1) is 0 Å². The van der Waals surface area contributed by atoms with Crippen molar-refractivity contribution in [2.75, 3.05) is 5.32 Å². The van der Waals surface area contributed by atoms with Crippen molar-refractivity contribution in [3.63, 3.8) is 0 Å². The number of hydrogen-bond donors (Lipinski definition) is 3. The van der Waals surface area contributed by atoms with Crippen LogP contribution in [0, 0.1) is 0 Å². The van der Waals surface area contributed by atoms with Crippen LogP contribution in [0.3, 0.4) is 0 Å². The van der Waals surface area contributed by atoms with Crippen molar-refractivity contribution in [2.24, 2.45) is 0 Å². The third-order valence-electron chi connectivity index (χ3n) is 2.45. The smallest absolute Gasteiger partial charge is 0.178 e. The predicted molar refractivity (Wildman–Crippen MR) is 81.0 cm³/mol. The van der Waals surface area contributed by atoms with E-state index in [1.54, 1.807) is 6.07 Å². The van der Waals surface area contributed by atoms with Crippen LogP contribution in [0.4, 0.5) is 5.69 Å². The van der Waals surface area contributed by atoms with Crippen LogP contribution in [0.2, 0.25) is 0 Å². The van der Waals surface area contributed by atoms with Crippen molar-refractivity contribution >= 4 is 41.7 Å². The van der Waals surface area contributed by atoms with Gasteiger partial charge in [0.25, 0.3) is 0 Å². The SMILES string of the molecule is CC(=O)Nc1ccccc1[As](=O)(O)OO.O=C1C=CC(=O)C=C1. The summed E-state index contributed by atoms with van der Waals surface area (Å²) in [5.74, 6) is -0.620. The van der Waals surface area contributed by atoms with E-state index >= 15 is 0 Å². The molecule has 9 heteroatoms. The monoisotopic (exact) mass is 383 g/mol. The van der Waals surface area contributed by atoms with Gasteiger partial charge in [0.1, 0.15) is 0 Å². The molecular formula is C14H14AsNO7. The normalized spacial score (nSPS) is 15.4. The second kappa shape index (κ2) is 8.40. The molecule has 1 aliphatic rings. The minimum atomic E-state index is -4.92. The van der Waals surface area contributed by atoms with Gasteiger partial charge >= 0.3 is 88.4 Å². The van der Waals surface area contributed by atoms with Gasteiger partial charge in [0.2, 0.25) is 0 Å². The van der Waals surface area contributed by atoms with E-state index in [0.717, 1.165) is 0 Å². The molecule has 0 fully saturated rings. The van der Waals surface area contributed by atoms with E-state index in [2.05, 4.69) is 9.19 Å². The van der Waals surface area contributed by atoms with E-state index in [1.807, 2.05) is 0 Å². The number of carbonyl (C=O) groups excluding carboxylic acids is 3. The maximum atomic E-state index is 11.4. The number of benzene rings is 1. The van der Waals surface area contributed by atoms with Gasteiger partial charge in [0.05, 0.1) is 0 Å². The second-order valence-corrected chi connectivity index (χ2v) is 7.81. The summed E-state index contributed by atoms with van der Waals surface area (Å²) in [7, 11) is 0. The fourth-order valence-electron chi connectivity index (χ4n) is 1.50. The molecule has 2 rings (SSSR count). The zero-order chi connectivity index (χ0) is 17.5. The molecule has 122 valence electrons. The Hall–Kier alpha value is -2.25. The molecule has 0 aromatic heterocycles. The molecule has 0 heterocycles. The first-order valence-electron chi connectivity index (χ1n) is 6.23. The molecular weight excluding hydrogens is 369 g/mol. The Morgan fingerprint density at radius 2 is 1.57 bits per heavy atom. The Morgan fingerprint density at radius 1 is 1.09 bits per heavy atom. The molecule has 0 aliphatic heterocycles. The number of anilines is 1. The first-order chi connectivity index (χ1) is 10.8. The van der Waals surface area contributed by atoms with Crippen molar-refractivity contribution in [2.45, 2.75) is 6.92 Å². The van der Waals surface area contributed by atoms with Crippen molar-refractivity contribution in [1.29, 1.82) is 0 Å². The third-order valence-corrected chi connectivity index (χ3v) is 5.01. The van der Waals surface area contributed by atoms with Gasteiger partial charge in [-0.3, -0.25) is 9.59 Å². The molecule has 23 heavy (non-hydrogen) atoms. The fourth-order valence-corrected chi connectivity index (χ4v) is 3.17. The molecule has 1 aliphatic carbocycles. The van der Waals surface area contributed by atoms with Gasteiger partial charge in [0, 0.05) is 0 Å². The maximum Gasteiger partial charge on any atom is 0.178 e. The van der Waals surface area contributed by atoms with Gasteiger partial charge in [-0.2, -0.15) is 0 Å². The summed E-state index contributed by atoms with van der Waals surface area (Å²) in [6.45, 7) is 1.27. The molecule has 1 aromatic rings. The Labute approximate surface area is 134 Å². The first kappa shape index (κ1) is 18.8. The number of ketones is 2. The van der Waals surface area contributed by atoms with Crippen molar-refractivity contribution < 1.29 is 31.4 Å². The number of nitrogens with one attached hydrogen (secondary N) is 1. The average molecular weight is 383 g/mol. The van der Waals surface area contributed by atoms with Crippen LogP contribution in [-0.4, -0.2) is 41.0 Å². The molecule has 1 atom stereocenters. The molecule has 3 N–H and O–H groups in total. The third kappa shape index (κ3) is 6.17. The van der Waals surface area contributed by atoms with E-state index in [4.69, 9.17) is 5.26 Å². The summed E-state index contributed by atoms with van der Waals surface area (Å²) in [5, 5.41) is 10.7. The van der Waals surface area contributed by atoms with Crippen LogP contribution >= 0.6 is 0 Å². The van der Waals surface area contributed by atoms with E-state index in [1.165, 1.54) is 49.4 Å². The van der Waals surface area contributed by atoms with Gasteiger partial charge in [-0.05, 0) is 24.3 Å². The number of allylic oxidation sites excluding steroid dienone is 4. The van der Waals surface area contributed by atoms with E-state index in [-0.39, 0.29) is 27.5 Å². The van der Waals surface area contributed by atoms with Crippen LogP contribution in [0.1, 0.15) is 6.92 Å². The number of rotatable bonds is 3. The fraction of sp³-hybridized carbons (Fsp3) is 0.0714. The van der Waals surface area contributed by atoms with Gasteiger partial charge in [0.15, 0.2) is 11.6 Å². The summed E-state index contributed by atoms with van der Waals surface area (Å²) in [6.07, 6.45) is 5.01. The zero-order valence-electron chi connectivity index (χ0n) is 12.0. The Morgan fingerprint density at radius 3 is 2.00 bits per heavy atom. The van der Waals surface area contributed by atoms with Crippen LogP contribution in [-0.2, 0) is 22.0 Å². The van der Waals surface area contributed by atoms with Crippen molar-refractivity contribution in [1.82, 2.24) is 0 Å². The molecule has 1 aromatic carbocycles. The summed E-state index contributed by atoms with van der Waals surface area (Å²) in [4.78, 5) is 31.4.